The zero-order valence-corrected chi connectivity index (χ0v) is 10.2. The van der Waals surface area contributed by atoms with Crippen LogP contribution in [0.1, 0.15) is 24.8 Å². The van der Waals surface area contributed by atoms with Crippen molar-refractivity contribution >= 4 is 10.2 Å². The van der Waals surface area contributed by atoms with Crippen LogP contribution in [0.25, 0.3) is 0 Å². The molecule has 0 saturated heterocycles. The Labute approximate surface area is 83.8 Å². The zero-order chi connectivity index (χ0) is 9.36. The van der Waals surface area contributed by atoms with Gasteiger partial charge in [0.15, 0.2) is 0 Å². The average Bonchev–Trinajstić information content (AvgIpc) is 2.19. The van der Waals surface area contributed by atoms with E-state index in [1.807, 2.05) is 18.2 Å². The highest BCUT2D eigenvalue weighted by Gasteiger charge is 1.82. The third-order valence-corrected chi connectivity index (χ3v) is 2.62. The van der Waals surface area contributed by atoms with Crippen LogP contribution in [0, 0.1) is 11.8 Å². The molecule has 0 aliphatic rings. The summed E-state index contributed by atoms with van der Waals surface area (Å²) in [7, 11) is 1.33. The molecule has 1 heteroatoms. The van der Waals surface area contributed by atoms with E-state index in [4.69, 9.17) is 0 Å². The molecule has 1 aromatic rings. The molecule has 0 fully saturated rings. The number of benzene rings is 1. The molecule has 1 rings (SSSR count). The van der Waals surface area contributed by atoms with Gasteiger partial charge in [0.25, 0.3) is 0 Å². The third kappa shape index (κ3) is 4.54. The summed E-state index contributed by atoms with van der Waals surface area (Å²) in [5.41, 5.74) is 1.13. The Hall–Kier alpha value is -1.00. The van der Waals surface area contributed by atoms with E-state index in [-0.39, 0.29) is 0 Å². The fourth-order valence-corrected chi connectivity index (χ4v) is 1.65. The fourth-order valence-electron chi connectivity index (χ4n) is 1.15. The number of hydrogen-bond acceptors (Lipinski definition) is 0. The predicted molar refractivity (Wildman–Crippen MR) is 61.9 cm³/mol. The largest absolute Gasteiger partial charge is 0.0979 e. The first-order chi connectivity index (χ1) is 6.43. The van der Waals surface area contributed by atoms with Crippen LogP contribution in [0.5, 0.6) is 0 Å². The highest BCUT2D eigenvalue weighted by atomic mass is 28.1. The molecule has 0 heterocycles. The van der Waals surface area contributed by atoms with E-state index in [0.29, 0.717) is 0 Å². The molecule has 0 spiro atoms. The van der Waals surface area contributed by atoms with Gasteiger partial charge >= 0.3 is 0 Å². The quantitative estimate of drug-likeness (QED) is 0.387. The predicted octanol–water partition coefficient (Wildman–Crippen LogP) is 1.99. The van der Waals surface area contributed by atoms with Crippen LogP contribution < -0.4 is 0 Å². The van der Waals surface area contributed by atoms with Gasteiger partial charge in [-0.05, 0) is 18.6 Å². The summed E-state index contributed by atoms with van der Waals surface area (Å²) in [6, 6.07) is 11.6. The van der Waals surface area contributed by atoms with Crippen molar-refractivity contribution in [2.45, 2.75) is 25.3 Å². The van der Waals surface area contributed by atoms with E-state index in [0.717, 1.165) is 12.0 Å². The molecule has 0 aromatic heterocycles. The lowest BCUT2D eigenvalue weighted by molar-refractivity contribution is 0.826. The van der Waals surface area contributed by atoms with Crippen LogP contribution in [0.2, 0.25) is 6.04 Å². The van der Waals surface area contributed by atoms with E-state index >= 15 is 0 Å². The van der Waals surface area contributed by atoms with Gasteiger partial charge in [0.1, 0.15) is 0 Å². The summed E-state index contributed by atoms with van der Waals surface area (Å²) in [5, 5.41) is 0. The molecule has 0 amide bonds. The lowest BCUT2D eigenvalue weighted by Crippen LogP contribution is -1.74. The van der Waals surface area contributed by atoms with Gasteiger partial charge < -0.3 is 0 Å². The first kappa shape index (κ1) is 10.1. The summed E-state index contributed by atoms with van der Waals surface area (Å²) < 4.78 is 0. The molecule has 1 aromatic carbocycles. The van der Waals surface area contributed by atoms with Crippen LogP contribution in [-0.2, 0) is 0 Å². The van der Waals surface area contributed by atoms with Gasteiger partial charge in [0.2, 0.25) is 0 Å². The van der Waals surface area contributed by atoms with E-state index in [1.165, 1.54) is 29.1 Å². The Bertz CT molecular complexity index is 279. The van der Waals surface area contributed by atoms with E-state index < -0.39 is 0 Å². The molecule has 0 atom stereocenters. The average molecular weight is 188 g/mol. The molecular formula is C12H16Si. The second kappa shape index (κ2) is 6.51. The molecule has 0 nitrogen and oxygen atoms in total. The number of unbranched alkanes of at least 4 members (excludes halogenated alkanes) is 2. The van der Waals surface area contributed by atoms with Crippen molar-refractivity contribution in [1.82, 2.24) is 0 Å². The van der Waals surface area contributed by atoms with Crippen LogP contribution >= 0.6 is 0 Å². The Kier molecular flexibility index (Phi) is 5.04. The maximum absolute atomic E-state index is 3.20. The number of rotatable bonds is 3. The molecule has 0 aliphatic carbocycles. The minimum atomic E-state index is 1.05. The van der Waals surface area contributed by atoms with Gasteiger partial charge in [0.05, 0.1) is 0 Å². The highest BCUT2D eigenvalue weighted by Crippen LogP contribution is 1.98. The van der Waals surface area contributed by atoms with E-state index in [1.54, 1.807) is 0 Å². The highest BCUT2D eigenvalue weighted by molar-refractivity contribution is 6.08. The molecule has 0 saturated carbocycles. The summed E-state index contributed by atoms with van der Waals surface area (Å²) in [6.45, 7) is 0. The second-order valence-corrected chi connectivity index (χ2v) is 4.12. The standard InChI is InChI=1S/C12H16Si/c13-11-7-2-1-4-8-12-9-5-3-6-10-12/h3,5-6,9-10H,1-2,7,11H2,13H3. The summed E-state index contributed by atoms with van der Waals surface area (Å²) in [5.74, 6) is 6.37. The number of hydrogen-bond donors (Lipinski definition) is 0. The molecule has 13 heavy (non-hydrogen) atoms. The minimum Gasteiger partial charge on any atom is -0.0979 e. The summed E-state index contributed by atoms with van der Waals surface area (Å²) in [6.07, 6.45) is 3.68. The van der Waals surface area contributed by atoms with Crippen molar-refractivity contribution in [3.05, 3.63) is 35.9 Å². The molecule has 0 bridgehead atoms. The van der Waals surface area contributed by atoms with Crippen LogP contribution in [-0.4, -0.2) is 10.2 Å². The molecule has 0 radical (unpaired) electrons. The van der Waals surface area contributed by atoms with Crippen molar-refractivity contribution in [2.24, 2.45) is 0 Å². The molecule has 68 valence electrons. The van der Waals surface area contributed by atoms with Crippen molar-refractivity contribution in [3.8, 4) is 11.8 Å². The van der Waals surface area contributed by atoms with Crippen LogP contribution in [0.3, 0.4) is 0 Å². The Balaban J connectivity index is 2.31. The van der Waals surface area contributed by atoms with Gasteiger partial charge in [-0.3, -0.25) is 0 Å². The van der Waals surface area contributed by atoms with Gasteiger partial charge in [-0.1, -0.05) is 42.5 Å². The van der Waals surface area contributed by atoms with E-state index in [2.05, 4.69) is 24.0 Å². The normalized spacial score (nSPS) is 9.23. The van der Waals surface area contributed by atoms with Crippen molar-refractivity contribution < 1.29 is 0 Å². The molecule has 0 aliphatic heterocycles. The van der Waals surface area contributed by atoms with Crippen LogP contribution in [0.4, 0.5) is 0 Å². The Morgan fingerprint density at radius 2 is 1.85 bits per heavy atom. The monoisotopic (exact) mass is 188 g/mol. The SMILES string of the molecule is [SiH3]CCCCC#Cc1ccccc1. The summed E-state index contributed by atoms with van der Waals surface area (Å²) in [4.78, 5) is 0. The fraction of sp³-hybridized carbons (Fsp3) is 0.333. The maximum Gasteiger partial charge on any atom is 0.0245 e. The minimum absolute atomic E-state index is 1.05. The van der Waals surface area contributed by atoms with Crippen molar-refractivity contribution in [3.63, 3.8) is 0 Å². The van der Waals surface area contributed by atoms with Crippen molar-refractivity contribution in [1.29, 1.82) is 0 Å². The second-order valence-electron chi connectivity index (χ2n) is 3.12. The maximum atomic E-state index is 3.20. The molecule has 0 N–H and O–H groups in total. The molecular weight excluding hydrogens is 172 g/mol. The van der Waals surface area contributed by atoms with Gasteiger partial charge in [-0.2, -0.15) is 0 Å². The third-order valence-electron chi connectivity index (χ3n) is 1.91. The van der Waals surface area contributed by atoms with Gasteiger partial charge in [-0.15, -0.1) is 0 Å². The smallest absolute Gasteiger partial charge is 0.0245 e. The van der Waals surface area contributed by atoms with E-state index in [9.17, 15) is 0 Å². The first-order valence-electron chi connectivity index (χ1n) is 4.97. The molecule has 0 unspecified atom stereocenters. The topological polar surface area (TPSA) is 0 Å². The lowest BCUT2D eigenvalue weighted by Gasteiger charge is -1.89. The zero-order valence-electron chi connectivity index (χ0n) is 8.22. The van der Waals surface area contributed by atoms with Gasteiger partial charge in [0, 0.05) is 22.2 Å². The summed E-state index contributed by atoms with van der Waals surface area (Å²) >= 11 is 0. The van der Waals surface area contributed by atoms with Crippen LogP contribution in [0.15, 0.2) is 30.3 Å². The Morgan fingerprint density at radius 1 is 1.08 bits per heavy atom. The van der Waals surface area contributed by atoms with Gasteiger partial charge in [-0.25, -0.2) is 0 Å². The lowest BCUT2D eigenvalue weighted by atomic mass is 10.2. The Morgan fingerprint density at radius 3 is 2.54 bits per heavy atom. The first-order valence-corrected chi connectivity index (χ1v) is 6.39. The van der Waals surface area contributed by atoms with Crippen molar-refractivity contribution in [2.75, 3.05) is 0 Å².